The molecule has 5 heteroatoms. The third kappa shape index (κ3) is 1.89. The minimum Gasteiger partial charge on any atom is -0.505 e. The van der Waals surface area contributed by atoms with Crippen LogP contribution in [0.3, 0.4) is 0 Å². The van der Waals surface area contributed by atoms with Crippen LogP contribution in [0.2, 0.25) is 5.28 Å². The van der Waals surface area contributed by atoms with Crippen molar-refractivity contribution in [3.63, 3.8) is 0 Å². The molecule has 3 nitrogen and oxygen atoms in total. The molecule has 15 heavy (non-hydrogen) atoms. The molecule has 1 aromatic carbocycles. The topological polar surface area (TPSA) is 46.0 Å². The number of phenols is 1. The van der Waals surface area contributed by atoms with Crippen molar-refractivity contribution < 1.29 is 9.50 Å². The van der Waals surface area contributed by atoms with Crippen molar-refractivity contribution >= 4 is 11.6 Å². The minimum atomic E-state index is -0.715. The molecule has 0 spiro atoms. The summed E-state index contributed by atoms with van der Waals surface area (Å²) in [4.78, 5) is 7.54. The quantitative estimate of drug-likeness (QED) is 0.758. The maximum Gasteiger partial charge on any atom is 0.222 e. The molecule has 76 valence electrons. The lowest BCUT2D eigenvalue weighted by Gasteiger charge is -2.03. The molecule has 0 radical (unpaired) electrons. The van der Waals surface area contributed by atoms with Gasteiger partial charge in [0, 0.05) is 11.8 Å². The Morgan fingerprint density at radius 1 is 1.27 bits per heavy atom. The lowest BCUT2D eigenvalue weighted by atomic mass is 10.1. The summed E-state index contributed by atoms with van der Waals surface area (Å²) in [6.45, 7) is 0. The zero-order valence-electron chi connectivity index (χ0n) is 7.48. The van der Waals surface area contributed by atoms with Gasteiger partial charge in [-0.05, 0) is 29.8 Å². The van der Waals surface area contributed by atoms with Crippen LogP contribution in [-0.4, -0.2) is 15.1 Å². The number of hydrogen-bond donors (Lipinski definition) is 1. The number of halogens is 2. The zero-order chi connectivity index (χ0) is 10.8. The monoisotopic (exact) mass is 224 g/mol. The number of aromatic hydroxyl groups is 1. The summed E-state index contributed by atoms with van der Waals surface area (Å²) in [7, 11) is 0. The van der Waals surface area contributed by atoms with Crippen LogP contribution in [0.15, 0.2) is 30.5 Å². The first-order valence-corrected chi connectivity index (χ1v) is 4.52. The summed E-state index contributed by atoms with van der Waals surface area (Å²) in [6, 6.07) is 5.82. The van der Waals surface area contributed by atoms with Gasteiger partial charge in [-0.3, -0.25) is 0 Å². The number of phenolic OH excluding ortho intramolecular Hbond substituents is 1. The third-order valence-electron chi connectivity index (χ3n) is 1.88. The van der Waals surface area contributed by atoms with Crippen LogP contribution in [-0.2, 0) is 0 Å². The molecule has 1 aromatic heterocycles. The molecule has 1 N–H and O–H groups in total. The first-order chi connectivity index (χ1) is 7.18. The predicted molar refractivity (Wildman–Crippen MR) is 54.1 cm³/mol. The molecule has 0 saturated carbocycles. The molecule has 0 unspecified atom stereocenters. The van der Waals surface area contributed by atoms with E-state index in [9.17, 15) is 9.50 Å². The SMILES string of the molecule is Oc1cccc(-c2ccnc(Cl)n2)c1F. The first kappa shape index (κ1) is 9.86. The van der Waals surface area contributed by atoms with E-state index in [2.05, 4.69) is 9.97 Å². The summed E-state index contributed by atoms with van der Waals surface area (Å²) in [5, 5.41) is 9.22. The first-order valence-electron chi connectivity index (χ1n) is 4.15. The van der Waals surface area contributed by atoms with E-state index in [0.717, 1.165) is 0 Å². The Hall–Kier alpha value is -1.68. The maximum absolute atomic E-state index is 13.5. The normalized spacial score (nSPS) is 10.3. The van der Waals surface area contributed by atoms with Crippen molar-refractivity contribution in [1.29, 1.82) is 0 Å². The third-order valence-corrected chi connectivity index (χ3v) is 2.06. The van der Waals surface area contributed by atoms with E-state index in [0.29, 0.717) is 5.69 Å². The molecule has 1 heterocycles. The molecular weight excluding hydrogens is 219 g/mol. The molecule has 0 aliphatic rings. The summed E-state index contributed by atoms with van der Waals surface area (Å²) in [6.07, 6.45) is 1.42. The Morgan fingerprint density at radius 2 is 2.07 bits per heavy atom. The standard InChI is InChI=1S/C10H6ClFN2O/c11-10-13-5-4-7(14-10)6-2-1-3-8(15)9(6)12/h1-5,15H. The van der Waals surface area contributed by atoms with E-state index in [1.807, 2.05) is 0 Å². The van der Waals surface area contributed by atoms with Crippen molar-refractivity contribution in [2.45, 2.75) is 0 Å². The van der Waals surface area contributed by atoms with Crippen molar-refractivity contribution in [1.82, 2.24) is 9.97 Å². The van der Waals surface area contributed by atoms with Gasteiger partial charge in [0.15, 0.2) is 11.6 Å². The van der Waals surface area contributed by atoms with Crippen LogP contribution in [0.4, 0.5) is 4.39 Å². The molecular formula is C10H6ClFN2O. The highest BCUT2D eigenvalue weighted by Gasteiger charge is 2.10. The van der Waals surface area contributed by atoms with Gasteiger partial charge in [-0.2, -0.15) is 0 Å². The molecule has 0 fully saturated rings. The van der Waals surface area contributed by atoms with Gasteiger partial charge in [0.1, 0.15) is 0 Å². The summed E-state index contributed by atoms with van der Waals surface area (Å²) >= 11 is 5.58. The molecule has 0 aliphatic heterocycles. The highest BCUT2D eigenvalue weighted by molar-refractivity contribution is 6.28. The molecule has 0 saturated heterocycles. The second-order valence-corrected chi connectivity index (χ2v) is 3.19. The van der Waals surface area contributed by atoms with Crippen LogP contribution in [0.25, 0.3) is 11.3 Å². The number of benzene rings is 1. The van der Waals surface area contributed by atoms with E-state index in [1.165, 1.54) is 30.5 Å². The molecule has 0 atom stereocenters. The minimum absolute atomic E-state index is 0.0373. The molecule has 2 aromatic rings. The summed E-state index contributed by atoms with van der Waals surface area (Å²) in [5.74, 6) is -1.13. The lowest BCUT2D eigenvalue weighted by Crippen LogP contribution is -1.90. The number of nitrogens with zero attached hydrogens (tertiary/aromatic N) is 2. The van der Waals surface area contributed by atoms with Gasteiger partial charge in [0.2, 0.25) is 5.28 Å². The van der Waals surface area contributed by atoms with Gasteiger partial charge in [0.25, 0.3) is 0 Å². The second-order valence-electron chi connectivity index (χ2n) is 2.85. The highest BCUT2D eigenvalue weighted by atomic mass is 35.5. The number of rotatable bonds is 1. The average molecular weight is 225 g/mol. The predicted octanol–water partition coefficient (Wildman–Crippen LogP) is 2.64. The zero-order valence-corrected chi connectivity index (χ0v) is 8.24. The molecule has 0 aliphatic carbocycles. The largest absolute Gasteiger partial charge is 0.505 e. The van der Waals surface area contributed by atoms with Gasteiger partial charge in [-0.1, -0.05) is 6.07 Å². The highest BCUT2D eigenvalue weighted by Crippen LogP contribution is 2.26. The average Bonchev–Trinajstić information content (AvgIpc) is 2.22. The fourth-order valence-electron chi connectivity index (χ4n) is 1.20. The van der Waals surface area contributed by atoms with Gasteiger partial charge < -0.3 is 5.11 Å². The van der Waals surface area contributed by atoms with Crippen LogP contribution in [0, 0.1) is 5.82 Å². The molecule has 0 bridgehead atoms. The van der Waals surface area contributed by atoms with Crippen LogP contribution < -0.4 is 0 Å². The van der Waals surface area contributed by atoms with Crippen LogP contribution >= 0.6 is 11.6 Å². The Kier molecular flexibility index (Phi) is 2.51. The Morgan fingerprint density at radius 3 is 2.80 bits per heavy atom. The Labute approximate surface area is 90.2 Å². The summed E-state index contributed by atoms with van der Waals surface area (Å²) < 4.78 is 13.5. The van der Waals surface area contributed by atoms with Crippen LogP contribution in [0.1, 0.15) is 0 Å². The Balaban J connectivity index is 2.59. The van der Waals surface area contributed by atoms with Crippen molar-refractivity contribution in [3.05, 3.63) is 41.6 Å². The maximum atomic E-state index is 13.5. The van der Waals surface area contributed by atoms with E-state index in [1.54, 1.807) is 0 Å². The molecule has 0 amide bonds. The van der Waals surface area contributed by atoms with E-state index < -0.39 is 11.6 Å². The van der Waals surface area contributed by atoms with Crippen molar-refractivity contribution in [2.24, 2.45) is 0 Å². The van der Waals surface area contributed by atoms with E-state index in [-0.39, 0.29) is 10.8 Å². The second kappa shape index (κ2) is 3.82. The lowest BCUT2D eigenvalue weighted by molar-refractivity contribution is 0.433. The van der Waals surface area contributed by atoms with Crippen molar-refractivity contribution in [3.8, 4) is 17.0 Å². The van der Waals surface area contributed by atoms with E-state index in [4.69, 9.17) is 11.6 Å². The van der Waals surface area contributed by atoms with Gasteiger partial charge in [0.05, 0.1) is 5.69 Å². The van der Waals surface area contributed by atoms with Gasteiger partial charge in [-0.15, -0.1) is 0 Å². The Bertz CT molecular complexity index is 505. The fourth-order valence-corrected chi connectivity index (χ4v) is 1.35. The van der Waals surface area contributed by atoms with E-state index >= 15 is 0 Å². The smallest absolute Gasteiger partial charge is 0.222 e. The number of aromatic nitrogens is 2. The van der Waals surface area contributed by atoms with Crippen LogP contribution in [0.5, 0.6) is 5.75 Å². The summed E-state index contributed by atoms with van der Waals surface area (Å²) in [5.41, 5.74) is 0.530. The number of hydrogen-bond acceptors (Lipinski definition) is 3. The molecule has 2 rings (SSSR count). The van der Waals surface area contributed by atoms with Gasteiger partial charge >= 0.3 is 0 Å². The van der Waals surface area contributed by atoms with Crippen molar-refractivity contribution in [2.75, 3.05) is 0 Å². The fraction of sp³-hybridized carbons (Fsp3) is 0. The van der Waals surface area contributed by atoms with Gasteiger partial charge in [-0.25, -0.2) is 14.4 Å².